The number of carbonyl (C=O) groups is 4. The summed E-state index contributed by atoms with van der Waals surface area (Å²) < 4.78 is 73.0. The summed E-state index contributed by atoms with van der Waals surface area (Å²) in [6, 6.07) is 16.0. The molecular weight excluding hydrogens is 840 g/mol. The Bertz CT molecular complexity index is 2760. The fraction of sp³-hybridized carbons (Fsp3) is 0.356. The molecule has 18 heteroatoms. The van der Waals surface area contributed by atoms with Gasteiger partial charge in [0.15, 0.2) is 5.82 Å². The number of H-pyrrole nitrogens is 1. The first-order chi connectivity index (χ1) is 30.2. The number of rotatable bonds is 12. The van der Waals surface area contributed by atoms with Gasteiger partial charge in [-0.15, -0.1) is 0 Å². The van der Waals surface area contributed by atoms with Crippen molar-refractivity contribution in [1.82, 2.24) is 29.4 Å². The lowest BCUT2D eigenvalue weighted by Gasteiger charge is -2.32. The fourth-order valence-electron chi connectivity index (χ4n) is 9.14. The summed E-state index contributed by atoms with van der Waals surface area (Å²) in [7, 11) is -4.36. The van der Waals surface area contributed by atoms with E-state index in [1.54, 1.807) is 24.4 Å². The molecule has 0 saturated carbocycles. The Labute approximate surface area is 360 Å². The molecule has 0 unspecified atom stereocenters. The number of pyridine rings is 1. The highest BCUT2D eigenvalue weighted by Gasteiger charge is 2.39. The Morgan fingerprint density at radius 2 is 1.73 bits per heavy atom. The third-order valence-electron chi connectivity index (χ3n) is 12.7. The fourth-order valence-corrected chi connectivity index (χ4v) is 10.4. The molecule has 3 fully saturated rings. The highest BCUT2D eigenvalue weighted by atomic mass is 32.2. The molecule has 4 aliphatic rings. The summed E-state index contributed by atoms with van der Waals surface area (Å²) in [5.41, 5.74) is 3.28. The molecule has 14 nitrogen and oxygen atoms in total. The Morgan fingerprint density at radius 1 is 0.952 bits per heavy atom. The van der Waals surface area contributed by atoms with Gasteiger partial charge in [-0.25, -0.2) is 18.2 Å². The number of imide groups is 1. The van der Waals surface area contributed by atoms with E-state index in [2.05, 4.69) is 32.3 Å². The van der Waals surface area contributed by atoms with Crippen molar-refractivity contribution in [2.24, 2.45) is 0 Å². The van der Waals surface area contributed by atoms with Gasteiger partial charge in [0.1, 0.15) is 23.7 Å². The van der Waals surface area contributed by atoms with Gasteiger partial charge in [0.05, 0.1) is 17.4 Å². The van der Waals surface area contributed by atoms with Crippen LogP contribution in [0.15, 0.2) is 73.1 Å². The number of hydrogen-bond acceptors (Lipinski definition) is 9. The third kappa shape index (κ3) is 8.35. The van der Waals surface area contributed by atoms with E-state index in [1.165, 1.54) is 16.7 Å². The van der Waals surface area contributed by atoms with E-state index in [-0.39, 0.29) is 49.7 Å². The minimum absolute atomic E-state index is 0.00348. The van der Waals surface area contributed by atoms with Crippen molar-refractivity contribution in [3.8, 4) is 11.1 Å². The normalized spacial score (nSPS) is 20.6. The molecule has 4 aliphatic heterocycles. The van der Waals surface area contributed by atoms with Crippen molar-refractivity contribution in [1.29, 1.82) is 0 Å². The number of piperidine rings is 2. The van der Waals surface area contributed by atoms with Crippen LogP contribution >= 0.6 is 0 Å². The minimum Gasteiger partial charge on any atom is -0.388 e. The number of nitrogens with one attached hydrogen (secondary N) is 3. The third-order valence-corrected chi connectivity index (χ3v) is 14.2. The summed E-state index contributed by atoms with van der Waals surface area (Å²) in [6.45, 7) is 2.13. The van der Waals surface area contributed by atoms with Crippen LogP contribution in [0.5, 0.6) is 0 Å². The molecule has 3 atom stereocenters. The maximum absolute atomic E-state index is 15.7. The van der Waals surface area contributed by atoms with E-state index in [0.717, 1.165) is 53.5 Å². The molecule has 3 amide bonds. The van der Waals surface area contributed by atoms with Gasteiger partial charge in [0.2, 0.25) is 17.6 Å². The first-order valence-corrected chi connectivity index (χ1v) is 22.4. The van der Waals surface area contributed by atoms with Crippen LogP contribution in [0.2, 0.25) is 0 Å². The van der Waals surface area contributed by atoms with Crippen LogP contribution < -0.4 is 10.0 Å². The van der Waals surface area contributed by atoms with Crippen LogP contribution in [0.1, 0.15) is 93.5 Å². The number of fused-ring (bicyclic) bond motifs is 2. The number of hydrogen-bond donors (Lipinski definition) is 4. The second kappa shape index (κ2) is 17.0. The molecule has 2 aromatic heterocycles. The number of alkyl halides is 1. The predicted octanol–water partition coefficient (Wildman–Crippen LogP) is 5.50. The zero-order chi connectivity index (χ0) is 44.2. The van der Waals surface area contributed by atoms with Gasteiger partial charge in [0.25, 0.3) is 5.91 Å². The van der Waals surface area contributed by atoms with Crippen molar-refractivity contribution in [2.75, 3.05) is 37.4 Å². The second-order valence-electron chi connectivity index (χ2n) is 16.6. The van der Waals surface area contributed by atoms with Crippen molar-refractivity contribution >= 4 is 50.4 Å². The maximum atomic E-state index is 15.7. The lowest BCUT2D eigenvalue weighted by molar-refractivity contribution is -0.136. The molecule has 3 saturated heterocycles. The molecule has 328 valence electrons. The van der Waals surface area contributed by atoms with Gasteiger partial charge in [0, 0.05) is 67.1 Å². The van der Waals surface area contributed by atoms with Crippen LogP contribution in [0, 0.1) is 11.6 Å². The molecule has 3 aromatic carbocycles. The quantitative estimate of drug-likeness (QED) is 0.0928. The number of nitrogens with zero attached hydrogens (tertiary/aromatic N) is 4. The molecule has 0 spiro atoms. The molecule has 9 rings (SSSR count). The van der Waals surface area contributed by atoms with Crippen LogP contribution in [-0.4, -0.2) is 106 Å². The Balaban J connectivity index is 0.807. The van der Waals surface area contributed by atoms with Crippen molar-refractivity contribution in [2.45, 2.75) is 69.3 Å². The molecule has 0 bridgehead atoms. The number of ketones is 1. The number of aromatic amines is 1. The highest BCUT2D eigenvalue weighted by molar-refractivity contribution is 7.90. The average Bonchev–Trinajstić information content (AvgIpc) is 4.00. The molecule has 0 radical (unpaired) electrons. The number of aliphatic hydroxyl groups excluding tert-OH is 1. The zero-order valence-electron chi connectivity index (χ0n) is 34.0. The summed E-state index contributed by atoms with van der Waals surface area (Å²) in [4.78, 5) is 62.0. The van der Waals surface area contributed by atoms with Gasteiger partial charge >= 0.3 is 10.2 Å². The first-order valence-electron chi connectivity index (χ1n) is 20.9. The predicted molar refractivity (Wildman–Crippen MR) is 225 cm³/mol. The maximum Gasteiger partial charge on any atom is 0.301 e. The monoisotopic (exact) mass is 883 g/mol. The molecular formula is C45H44F3N7O7S. The van der Waals surface area contributed by atoms with Crippen LogP contribution in [-0.2, 0) is 26.3 Å². The van der Waals surface area contributed by atoms with E-state index in [4.69, 9.17) is 0 Å². The SMILES string of the molecule is O=C1CC[C@H](N2Cc3cc([C@H](O)CCN4CCC(c5ccc(-c6cnc7[nH]cc(C(=O)c8c(F)ccc(NS(=O)(=O)N9CC[C@@H](F)C9)c8F)c7c6)cc5)CC4)ccc3C2=O)C(=O)N1. The second-order valence-corrected chi connectivity index (χ2v) is 18.3. The number of benzene rings is 3. The molecule has 63 heavy (non-hydrogen) atoms. The lowest BCUT2D eigenvalue weighted by atomic mass is 9.88. The molecule has 5 aromatic rings. The summed E-state index contributed by atoms with van der Waals surface area (Å²) >= 11 is 0. The van der Waals surface area contributed by atoms with E-state index < -0.39 is 69.6 Å². The van der Waals surface area contributed by atoms with Gasteiger partial charge < -0.3 is 19.9 Å². The van der Waals surface area contributed by atoms with Gasteiger partial charge in [-0.2, -0.15) is 12.7 Å². The standard InChI is InChI=1S/C45H44F3N7O7S/c46-31-13-18-54(24-31)63(61,62)52-36-8-7-35(47)40(41(36)48)42(58)34-22-50-43-33(34)20-29(21-49-43)26-3-1-25(2-4-26)27-11-15-53(16-12-27)17-14-38(56)28-5-6-32-30(19-28)23-55(45(32)60)37-9-10-39(57)51-44(37)59/h1-8,19-22,27,31,37-38,52,56H,9-18,23-24H2,(H,49,50)(H,51,57,59)/t31-,37+,38-/m1/s1. The number of likely N-dealkylation sites (tertiary alicyclic amines) is 1. The van der Waals surface area contributed by atoms with Gasteiger partial charge in [-0.3, -0.25) is 29.2 Å². The summed E-state index contributed by atoms with van der Waals surface area (Å²) in [5.74, 6) is -4.32. The first kappa shape index (κ1) is 42.4. The van der Waals surface area contributed by atoms with Crippen LogP contribution in [0.3, 0.4) is 0 Å². The number of halogens is 3. The van der Waals surface area contributed by atoms with Crippen LogP contribution in [0.4, 0.5) is 18.9 Å². The van der Waals surface area contributed by atoms with E-state index in [1.807, 2.05) is 22.9 Å². The number of anilines is 1. The van der Waals surface area contributed by atoms with Crippen molar-refractivity contribution < 1.29 is 45.9 Å². The number of amides is 3. The van der Waals surface area contributed by atoms with Crippen molar-refractivity contribution in [3.05, 3.63) is 118 Å². The minimum atomic E-state index is -4.36. The molecule has 6 heterocycles. The van der Waals surface area contributed by atoms with Crippen molar-refractivity contribution in [3.63, 3.8) is 0 Å². The summed E-state index contributed by atoms with van der Waals surface area (Å²) in [6.07, 6.45) is 3.66. The van der Waals surface area contributed by atoms with Gasteiger partial charge in [-0.05, 0) is 97.6 Å². The smallest absolute Gasteiger partial charge is 0.301 e. The van der Waals surface area contributed by atoms with E-state index in [0.29, 0.717) is 46.6 Å². The van der Waals surface area contributed by atoms with E-state index in [9.17, 15) is 37.1 Å². The number of aromatic nitrogens is 2. The summed E-state index contributed by atoms with van der Waals surface area (Å²) in [5, 5.41) is 13.7. The topological polar surface area (TPSA) is 185 Å². The number of carbonyl (C=O) groups excluding carboxylic acids is 4. The van der Waals surface area contributed by atoms with E-state index >= 15 is 8.78 Å². The molecule has 4 N–H and O–H groups in total. The van der Waals surface area contributed by atoms with Gasteiger partial charge in [-0.1, -0.05) is 36.4 Å². The Kier molecular flexibility index (Phi) is 11.4. The largest absolute Gasteiger partial charge is 0.388 e. The van der Waals surface area contributed by atoms with Crippen LogP contribution in [0.25, 0.3) is 22.2 Å². The Hall–Kier alpha value is -5.95. The average molecular weight is 884 g/mol. The molecule has 0 aliphatic carbocycles. The highest BCUT2D eigenvalue weighted by Crippen LogP contribution is 2.35. The lowest BCUT2D eigenvalue weighted by Crippen LogP contribution is -2.52. The zero-order valence-corrected chi connectivity index (χ0v) is 34.8. The number of aliphatic hydroxyl groups is 1. The Morgan fingerprint density at radius 3 is 2.46 bits per heavy atom.